The molecule has 0 bridgehead atoms. The van der Waals surface area contributed by atoms with Crippen molar-refractivity contribution in [3.05, 3.63) is 54.1 Å². The standard InChI is InChI=1S/C82H139N35O24/c1-41(2)33-53(71(134)107-45(15-6-7-27-83)64(127)105-48(18-10-30-100-80(91)92)67(130)114-55(35-43-37-97-40-103-43)73(136)109-50(22-24-59(85)120)69(132)111-52(77(140)141)20-12-32-102-82(95)96)112-70(133)51(23-25-60(86)121)110-74(137)56(36-62(124)125)115-76(139)58(39-119)116-68(131)49(19-11-31-101-81(93)94)108-75(138)57(38-118)117-72(135)54(34-42-13-4-3-5-14-42)113-66(129)47(17-9-29-99-79(89)90)106-65(128)46(16-8-28-98-78(87)88)104-63(126)44(84)21-26-61(122)123/h3-5,13-14,37,40-41,44-58,118-119H,6-12,15-36,38-39,83-84H2,1-2H3,(H2,85,120)(H2,86,121)(H,97,103)(H,104,126)(H,105,127)(H,106,128)(H,107,134)(H,108,138)(H,109,136)(H,110,137)(H,111,132)(H,112,133)(H,113,129)(H,114,130)(H,115,139)(H,116,131)(H,117,135)(H,122,123)(H,124,125)(H,140,141)(H4,87,88,98)(H4,89,90,99)(H4,91,92,100)(H4,93,94,101)(H4,95,96,102)/t44-,45-,46-,47-,48-,49-,50-,51-,52-,53-,54-,55-,56-,57-,58-/m0/s1. The number of primary amides is 2. The van der Waals surface area contributed by atoms with Gasteiger partial charge in [0.25, 0.3) is 0 Å². The first-order valence-electron chi connectivity index (χ1n) is 45.1. The third-order valence-electron chi connectivity index (χ3n) is 20.8. The zero-order valence-electron chi connectivity index (χ0n) is 78.3. The topological polar surface area (TPSA) is 1040 Å². The number of H-pyrrole nitrogens is 1. The van der Waals surface area contributed by atoms with Crippen LogP contribution in [0, 0.1) is 33.0 Å². The van der Waals surface area contributed by atoms with Gasteiger partial charge in [-0.05, 0) is 127 Å². The van der Waals surface area contributed by atoms with E-state index in [-0.39, 0.29) is 141 Å². The minimum Gasteiger partial charge on any atom is -0.481 e. The van der Waals surface area contributed by atoms with Crippen molar-refractivity contribution in [2.45, 2.75) is 252 Å². The Morgan fingerprint density at radius 1 is 0.340 bits per heavy atom. The van der Waals surface area contributed by atoms with Crippen LogP contribution in [0.25, 0.3) is 0 Å². The van der Waals surface area contributed by atoms with E-state index in [1.807, 2.05) is 0 Å². The third-order valence-corrected chi connectivity index (χ3v) is 20.8. The fourth-order valence-corrected chi connectivity index (χ4v) is 13.4. The Kier molecular flexibility index (Phi) is 57.0. The van der Waals surface area contributed by atoms with Gasteiger partial charge in [0, 0.05) is 71.0 Å². The number of aromatic amines is 1. The van der Waals surface area contributed by atoms with E-state index in [4.69, 9.17) is 78.6 Å². The van der Waals surface area contributed by atoms with Crippen molar-refractivity contribution >= 4 is 142 Å². The molecule has 59 heteroatoms. The maximum atomic E-state index is 14.8. The molecule has 1 aromatic heterocycles. The summed E-state index contributed by atoms with van der Waals surface area (Å²) >= 11 is 0. The molecule has 0 spiro atoms. The van der Waals surface area contributed by atoms with Crippen LogP contribution in [0.3, 0.4) is 0 Å². The minimum atomic E-state index is -2.25. The highest BCUT2D eigenvalue weighted by atomic mass is 16.4. The number of amides is 16. The summed E-state index contributed by atoms with van der Waals surface area (Å²) in [6.07, 6.45) is -4.19. The lowest BCUT2D eigenvalue weighted by atomic mass is 10.0. The maximum absolute atomic E-state index is 14.8. The first kappa shape index (κ1) is 122. The van der Waals surface area contributed by atoms with Crippen LogP contribution in [-0.2, 0) is 104 Å². The number of carbonyl (C=O) groups excluding carboxylic acids is 16. The van der Waals surface area contributed by atoms with Crippen molar-refractivity contribution < 1.29 is 117 Å². The van der Waals surface area contributed by atoms with Crippen molar-refractivity contribution in [3.8, 4) is 0 Å². The molecule has 0 aliphatic rings. The second-order valence-electron chi connectivity index (χ2n) is 33.0. The highest BCUT2D eigenvalue weighted by Gasteiger charge is 2.40. The van der Waals surface area contributed by atoms with Crippen molar-refractivity contribution in [3.63, 3.8) is 0 Å². The average Bonchev–Trinajstić information content (AvgIpc) is 1.44. The van der Waals surface area contributed by atoms with E-state index in [1.54, 1.807) is 44.2 Å². The number of carboxylic acids is 3. The maximum Gasteiger partial charge on any atom is 0.326 e. The number of hydrogen-bond donors (Lipinski definition) is 39. The smallest absolute Gasteiger partial charge is 0.326 e. The normalized spacial score (nSPS) is 14.1. The highest BCUT2D eigenvalue weighted by Crippen LogP contribution is 2.16. The zero-order valence-corrected chi connectivity index (χ0v) is 78.3. The van der Waals surface area contributed by atoms with Gasteiger partial charge in [-0.25, -0.2) is 9.78 Å². The molecular formula is C82H139N35O24. The molecule has 141 heavy (non-hydrogen) atoms. The number of guanidine groups is 5. The number of carbonyl (C=O) groups is 19. The van der Waals surface area contributed by atoms with E-state index in [1.165, 1.54) is 12.5 Å². The van der Waals surface area contributed by atoms with Gasteiger partial charge in [-0.3, -0.25) is 113 Å². The highest BCUT2D eigenvalue weighted by molar-refractivity contribution is 6.02. The lowest BCUT2D eigenvalue weighted by Crippen LogP contribution is -2.62. The van der Waals surface area contributed by atoms with Gasteiger partial charge in [-0.2, -0.15) is 0 Å². The lowest BCUT2D eigenvalue weighted by Gasteiger charge is -2.29. The number of aliphatic carboxylic acids is 3. The third kappa shape index (κ3) is 51.5. The van der Waals surface area contributed by atoms with Crippen molar-refractivity contribution in [1.82, 2.24) is 111 Å². The van der Waals surface area contributed by atoms with E-state index in [0.29, 0.717) is 5.56 Å². The van der Waals surface area contributed by atoms with Gasteiger partial charge in [0.15, 0.2) is 29.8 Å². The largest absolute Gasteiger partial charge is 0.481 e. The molecule has 15 atom stereocenters. The molecule has 0 fully saturated rings. The molecule has 48 N–H and O–H groups in total. The molecule has 2 rings (SSSR count). The first-order chi connectivity index (χ1) is 66.6. The van der Waals surface area contributed by atoms with Crippen LogP contribution in [0.1, 0.15) is 160 Å². The molecule has 0 saturated carbocycles. The second-order valence-corrected chi connectivity index (χ2v) is 33.0. The number of hydrogen-bond acceptors (Lipinski definition) is 29. The summed E-state index contributed by atoms with van der Waals surface area (Å²) in [6.45, 7) is 0.499. The van der Waals surface area contributed by atoms with Crippen LogP contribution < -0.4 is 153 Å². The molecule has 2 aromatic rings. The molecule has 0 aliphatic carbocycles. The molecule has 0 aliphatic heterocycles. The summed E-state index contributed by atoms with van der Waals surface area (Å²) in [4.78, 5) is 269. The van der Waals surface area contributed by atoms with Gasteiger partial charge in [0.05, 0.1) is 37.7 Å². The Balaban J connectivity index is 2.63. The second kappa shape index (κ2) is 66.1. The molecule has 0 unspecified atom stereocenters. The van der Waals surface area contributed by atoms with Crippen LogP contribution in [-0.4, -0.2) is 321 Å². The lowest BCUT2D eigenvalue weighted by molar-refractivity contribution is -0.143. The molecular weight excluding hydrogens is 1860 g/mol. The van der Waals surface area contributed by atoms with Crippen LogP contribution in [0.2, 0.25) is 0 Å². The molecule has 59 nitrogen and oxygen atoms in total. The summed E-state index contributed by atoms with van der Waals surface area (Å²) in [5.41, 5.74) is 50.5. The summed E-state index contributed by atoms with van der Waals surface area (Å²) in [6, 6.07) is -18.3. The number of aliphatic hydroxyl groups excluding tert-OH is 2. The van der Waals surface area contributed by atoms with Gasteiger partial charge in [0.2, 0.25) is 94.5 Å². The fraction of sp³-hybridized carbons (Fsp3) is 0.598. The number of rotatable bonds is 72. The Morgan fingerprint density at radius 2 is 0.631 bits per heavy atom. The predicted molar refractivity (Wildman–Crippen MR) is 503 cm³/mol. The van der Waals surface area contributed by atoms with E-state index < -0.39 is 303 Å². The van der Waals surface area contributed by atoms with E-state index in [2.05, 4.69) is 111 Å². The minimum absolute atomic E-state index is 0.00345. The number of carboxylic acid groups (broad SMARTS) is 3. The Labute approximate surface area is 810 Å². The first-order valence-corrected chi connectivity index (χ1v) is 45.1. The van der Waals surface area contributed by atoms with E-state index in [9.17, 15) is 117 Å². The SMILES string of the molecule is CC(C)C[C@H](NC(=O)[C@H](CCC(N)=O)NC(=O)[C@H](CC(=O)O)NC(=O)[C@H](CO)NC(=O)[C@H](CCCNC(=N)N)NC(=O)[C@H](CO)NC(=O)[C@H](Cc1ccccc1)NC(=O)[C@H](CCCNC(=N)N)NC(=O)[C@H](CCCNC(=N)N)NC(=O)[C@@H](N)CCC(=O)O)C(=O)N[C@@H](CCCCN)C(=O)N[C@@H](CCCNC(=N)N)C(=O)N[C@@H](Cc1c[nH]cn1)C(=O)N[C@@H](CCC(N)=O)C(=O)N[C@@H](CCCNC(=N)N)C(=O)O. The van der Waals surface area contributed by atoms with Gasteiger partial charge in [-0.15, -0.1) is 0 Å². The molecule has 16 amide bonds. The van der Waals surface area contributed by atoms with Gasteiger partial charge >= 0.3 is 17.9 Å². The number of imidazole rings is 1. The van der Waals surface area contributed by atoms with Gasteiger partial charge in [-0.1, -0.05) is 44.2 Å². The van der Waals surface area contributed by atoms with Crippen LogP contribution in [0.4, 0.5) is 0 Å². The molecule has 786 valence electrons. The van der Waals surface area contributed by atoms with Crippen LogP contribution in [0.5, 0.6) is 0 Å². The Bertz CT molecular complexity index is 4540. The molecule has 0 radical (unpaired) electrons. The van der Waals surface area contributed by atoms with Crippen molar-refractivity contribution in [1.29, 1.82) is 27.0 Å². The Hall–Kier alpha value is -15.4. The summed E-state index contributed by atoms with van der Waals surface area (Å²) in [5.74, 6) is -25.7. The number of nitrogens with two attached hydrogens (primary N) is 9. The summed E-state index contributed by atoms with van der Waals surface area (Å²) in [7, 11) is 0. The monoisotopic (exact) mass is 2000 g/mol. The number of unbranched alkanes of at least 4 members (excludes halogenated alkanes) is 1. The van der Waals surface area contributed by atoms with E-state index >= 15 is 0 Å². The van der Waals surface area contributed by atoms with Crippen LogP contribution in [0.15, 0.2) is 42.9 Å². The van der Waals surface area contributed by atoms with Crippen LogP contribution >= 0.6 is 0 Å². The average molecular weight is 2000 g/mol. The predicted octanol–water partition coefficient (Wildman–Crippen LogP) is -13.3. The number of aliphatic hydroxyl groups is 2. The number of aromatic nitrogens is 2. The van der Waals surface area contributed by atoms with Gasteiger partial charge < -0.3 is 183 Å². The van der Waals surface area contributed by atoms with Gasteiger partial charge in [0.1, 0.15) is 84.6 Å². The molecule has 1 heterocycles. The zero-order chi connectivity index (χ0) is 106. The number of benzene rings is 1. The quantitative estimate of drug-likeness (QED) is 0.0166. The summed E-state index contributed by atoms with van der Waals surface area (Å²) < 4.78 is 0. The van der Waals surface area contributed by atoms with Crippen molar-refractivity contribution in [2.75, 3.05) is 52.5 Å². The Morgan fingerprint density at radius 3 is 0.950 bits per heavy atom. The fourth-order valence-electron chi connectivity index (χ4n) is 13.4. The molecule has 0 saturated heterocycles. The number of nitrogens with one attached hydrogen (secondary N) is 25. The van der Waals surface area contributed by atoms with E-state index in [0.717, 1.165) is 0 Å². The number of nitrogens with zero attached hydrogens (tertiary/aromatic N) is 1. The van der Waals surface area contributed by atoms with Crippen molar-refractivity contribution in [2.24, 2.45) is 57.5 Å². The summed E-state index contributed by atoms with van der Waals surface area (Å²) in [5, 5.41) is 135. The molecule has 1 aromatic carbocycles.